The van der Waals surface area contributed by atoms with Crippen LogP contribution < -0.4 is 16.0 Å². The summed E-state index contributed by atoms with van der Waals surface area (Å²) in [7, 11) is 1.66. The molecule has 1 aromatic heterocycles. The third-order valence-corrected chi connectivity index (χ3v) is 2.89. The highest BCUT2D eigenvalue weighted by Crippen LogP contribution is 2.31. The number of hydrogen-bond donors (Lipinski definition) is 2. The smallest absolute Gasteiger partial charge is 0.134 e. The van der Waals surface area contributed by atoms with E-state index in [1.807, 2.05) is 18.4 Å². The predicted octanol–water partition coefficient (Wildman–Crippen LogP) is 1.67. The van der Waals surface area contributed by atoms with E-state index in [4.69, 9.17) is 10.6 Å². The molecule has 0 aromatic carbocycles. The standard InChI is InChI=1S/C10H14N2OS/c1-3-4-5-8(12-11)10-9(13-2)6-7-14-10/h6-8,12H,5,11H2,1-2H3. The molecule has 1 unspecified atom stereocenters. The van der Waals surface area contributed by atoms with Gasteiger partial charge >= 0.3 is 0 Å². The maximum Gasteiger partial charge on any atom is 0.134 e. The summed E-state index contributed by atoms with van der Waals surface area (Å²) in [5, 5.41) is 1.98. The summed E-state index contributed by atoms with van der Waals surface area (Å²) >= 11 is 1.62. The molecule has 0 radical (unpaired) electrons. The van der Waals surface area contributed by atoms with E-state index in [2.05, 4.69) is 17.3 Å². The van der Waals surface area contributed by atoms with Crippen molar-refractivity contribution in [2.75, 3.05) is 7.11 Å². The van der Waals surface area contributed by atoms with Crippen LogP contribution in [0.15, 0.2) is 11.4 Å². The second-order valence-electron chi connectivity index (χ2n) is 2.70. The summed E-state index contributed by atoms with van der Waals surface area (Å²) in [5.74, 6) is 12.2. The van der Waals surface area contributed by atoms with Crippen molar-refractivity contribution in [3.63, 3.8) is 0 Å². The fourth-order valence-electron chi connectivity index (χ4n) is 1.16. The molecule has 4 heteroatoms. The van der Waals surface area contributed by atoms with Crippen LogP contribution in [0.25, 0.3) is 0 Å². The number of thiophene rings is 1. The number of rotatable bonds is 4. The first-order chi connectivity index (χ1) is 6.83. The Hall–Kier alpha value is -1.02. The molecule has 1 aromatic rings. The maximum atomic E-state index is 5.46. The van der Waals surface area contributed by atoms with Gasteiger partial charge in [-0.1, -0.05) is 0 Å². The molecule has 1 heterocycles. The largest absolute Gasteiger partial charge is 0.496 e. The zero-order chi connectivity index (χ0) is 10.4. The first-order valence-electron chi connectivity index (χ1n) is 4.30. The third-order valence-electron chi connectivity index (χ3n) is 1.88. The van der Waals surface area contributed by atoms with Gasteiger partial charge < -0.3 is 4.74 Å². The number of hydrazine groups is 1. The average molecular weight is 210 g/mol. The molecule has 0 aliphatic heterocycles. The molecule has 14 heavy (non-hydrogen) atoms. The van der Waals surface area contributed by atoms with Gasteiger partial charge in [-0.3, -0.25) is 11.3 Å². The number of hydrogen-bond acceptors (Lipinski definition) is 4. The molecule has 0 spiro atoms. The van der Waals surface area contributed by atoms with Gasteiger partial charge in [-0.15, -0.1) is 23.2 Å². The molecule has 0 aliphatic carbocycles. The van der Waals surface area contributed by atoms with Crippen LogP contribution in [0.4, 0.5) is 0 Å². The Kier molecular flexibility index (Phi) is 4.47. The highest BCUT2D eigenvalue weighted by molar-refractivity contribution is 7.10. The van der Waals surface area contributed by atoms with Gasteiger partial charge in [0.05, 0.1) is 18.0 Å². The van der Waals surface area contributed by atoms with Gasteiger partial charge in [-0.25, -0.2) is 0 Å². The summed E-state index contributed by atoms with van der Waals surface area (Å²) in [4.78, 5) is 1.10. The van der Waals surface area contributed by atoms with Gasteiger partial charge in [0.2, 0.25) is 0 Å². The van der Waals surface area contributed by atoms with E-state index in [-0.39, 0.29) is 6.04 Å². The lowest BCUT2D eigenvalue weighted by molar-refractivity contribution is 0.404. The summed E-state index contributed by atoms with van der Waals surface area (Å²) in [6.45, 7) is 1.82. The van der Waals surface area contributed by atoms with Gasteiger partial charge in [0, 0.05) is 6.42 Å². The fraction of sp³-hybridized carbons (Fsp3) is 0.400. The van der Waals surface area contributed by atoms with Crippen molar-refractivity contribution in [1.29, 1.82) is 0 Å². The van der Waals surface area contributed by atoms with E-state index in [0.29, 0.717) is 6.42 Å². The minimum atomic E-state index is 0.0531. The van der Waals surface area contributed by atoms with Crippen molar-refractivity contribution in [2.24, 2.45) is 5.84 Å². The lowest BCUT2D eigenvalue weighted by atomic mass is 10.2. The Balaban J connectivity index is 2.80. The van der Waals surface area contributed by atoms with E-state index in [9.17, 15) is 0 Å². The van der Waals surface area contributed by atoms with Crippen molar-refractivity contribution in [3.05, 3.63) is 16.3 Å². The molecule has 0 saturated carbocycles. The van der Waals surface area contributed by atoms with Crippen LogP contribution in [0.5, 0.6) is 5.75 Å². The average Bonchev–Trinajstić information content (AvgIpc) is 2.67. The van der Waals surface area contributed by atoms with Crippen molar-refractivity contribution in [3.8, 4) is 17.6 Å². The zero-order valence-electron chi connectivity index (χ0n) is 8.33. The van der Waals surface area contributed by atoms with Crippen LogP contribution in [0.2, 0.25) is 0 Å². The topological polar surface area (TPSA) is 47.3 Å². The monoisotopic (exact) mass is 210 g/mol. The molecule has 1 rings (SSSR count). The van der Waals surface area contributed by atoms with Crippen LogP contribution in [0.3, 0.4) is 0 Å². The lowest BCUT2D eigenvalue weighted by Crippen LogP contribution is -2.27. The van der Waals surface area contributed by atoms with Crippen molar-refractivity contribution in [1.82, 2.24) is 5.43 Å². The van der Waals surface area contributed by atoms with Gasteiger partial charge in [-0.2, -0.15) is 0 Å². The minimum Gasteiger partial charge on any atom is -0.496 e. The van der Waals surface area contributed by atoms with E-state index < -0.39 is 0 Å². The zero-order valence-corrected chi connectivity index (χ0v) is 9.15. The summed E-state index contributed by atoms with van der Waals surface area (Å²) in [6, 6.07) is 1.99. The van der Waals surface area contributed by atoms with Crippen LogP contribution in [0.1, 0.15) is 24.3 Å². The van der Waals surface area contributed by atoms with Crippen LogP contribution in [-0.2, 0) is 0 Å². The molecule has 0 amide bonds. The summed E-state index contributed by atoms with van der Waals surface area (Å²) < 4.78 is 5.21. The maximum absolute atomic E-state index is 5.46. The number of ether oxygens (including phenoxy) is 1. The highest BCUT2D eigenvalue weighted by atomic mass is 32.1. The molecule has 0 saturated heterocycles. The van der Waals surface area contributed by atoms with E-state index in [1.165, 1.54) is 0 Å². The van der Waals surface area contributed by atoms with Crippen molar-refractivity contribution >= 4 is 11.3 Å². The third kappa shape index (κ3) is 2.48. The summed E-state index contributed by atoms with van der Waals surface area (Å²) in [6.07, 6.45) is 0.698. The highest BCUT2D eigenvalue weighted by Gasteiger charge is 2.14. The van der Waals surface area contributed by atoms with Crippen LogP contribution in [0, 0.1) is 11.8 Å². The fourth-order valence-corrected chi connectivity index (χ4v) is 2.08. The second-order valence-corrected chi connectivity index (χ2v) is 3.65. The predicted molar refractivity (Wildman–Crippen MR) is 59.0 cm³/mol. The van der Waals surface area contributed by atoms with Crippen molar-refractivity contribution < 1.29 is 4.74 Å². The Bertz CT molecular complexity index is 337. The Morgan fingerprint density at radius 3 is 3.07 bits per heavy atom. The van der Waals surface area contributed by atoms with Gasteiger partial charge in [-0.05, 0) is 18.4 Å². The second kappa shape index (κ2) is 5.66. The van der Waals surface area contributed by atoms with Gasteiger partial charge in [0.1, 0.15) is 5.75 Å². The molecular formula is C10H14N2OS. The molecule has 0 aliphatic rings. The van der Waals surface area contributed by atoms with E-state index in [0.717, 1.165) is 10.6 Å². The number of nitrogens with one attached hydrogen (secondary N) is 1. The minimum absolute atomic E-state index is 0.0531. The first kappa shape index (κ1) is 11.1. The number of nitrogens with two attached hydrogens (primary N) is 1. The molecule has 76 valence electrons. The lowest BCUT2D eigenvalue weighted by Gasteiger charge is -2.12. The van der Waals surface area contributed by atoms with Gasteiger partial charge in [0.15, 0.2) is 0 Å². The van der Waals surface area contributed by atoms with Crippen LogP contribution in [-0.4, -0.2) is 7.11 Å². The Morgan fingerprint density at radius 2 is 2.50 bits per heavy atom. The molecule has 0 fully saturated rings. The first-order valence-corrected chi connectivity index (χ1v) is 5.18. The SMILES string of the molecule is CC#CCC(NN)c1sccc1OC. The number of methoxy groups -OCH3 is 1. The molecule has 3 N–H and O–H groups in total. The summed E-state index contributed by atoms with van der Waals surface area (Å²) in [5.41, 5.74) is 2.74. The van der Waals surface area contributed by atoms with Gasteiger partial charge in [0.25, 0.3) is 0 Å². The quantitative estimate of drug-likeness (QED) is 0.451. The van der Waals surface area contributed by atoms with E-state index >= 15 is 0 Å². The Labute approximate surface area is 88.2 Å². The molecular weight excluding hydrogens is 196 g/mol. The molecule has 0 bridgehead atoms. The van der Waals surface area contributed by atoms with E-state index in [1.54, 1.807) is 18.4 Å². The van der Waals surface area contributed by atoms with Crippen LogP contribution >= 0.6 is 11.3 Å². The molecule has 1 atom stereocenters. The molecule has 3 nitrogen and oxygen atoms in total. The Morgan fingerprint density at radius 1 is 1.71 bits per heavy atom. The normalized spacial score (nSPS) is 11.6. The van der Waals surface area contributed by atoms with Crippen molar-refractivity contribution in [2.45, 2.75) is 19.4 Å².